The Hall–Kier alpha value is -0.830. The van der Waals surface area contributed by atoms with E-state index >= 15 is 0 Å². The van der Waals surface area contributed by atoms with Gasteiger partial charge in [-0.05, 0) is 32.2 Å². The third-order valence-electron chi connectivity index (χ3n) is 3.16. The molecule has 0 spiro atoms. The van der Waals surface area contributed by atoms with Crippen LogP contribution in [0.2, 0.25) is 0 Å². The Labute approximate surface area is 85.3 Å². The van der Waals surface area contributed by atoms with Gasteiger partial charge in [0.25, 0.3) is 0 Å². The standard InChI is InChI=1S/C11H19N3/c1-9-11(8-13-14-9)7-12-6-10-4-2-3-5-10/h8,10,12H,2-7H2,1H3,(H,13,14). The lowest BCUT2D eigenvalue weighted by molar-refractivity contribution is 0.489. The fourth-order valence-electron chi connectivity index (χ4n) is 2.18. The van der Waals surface area contributed by atoms with E-state index in [0.29, 0.717) is 0 Å². The molecule has 0 bridgehead atoms. The number of nitrogens with zero attached hydrogens (tertiary/aromatic N) is 1. The van der Waals surface area contributed by atoms with Crippen LogP contribution in [0.25, 0.3) is 0 Å². The maximum Gasteiger partial charge on any atom is 0.0535 e. The van der Waals surface area contributed by atoms with Crippen molar-refractivity contribution in [3.8, 4) is 0 Å². The highest BCUT2D eigenvalue weighted by Crippen LogP contribution is 2.23. The third-order valence-corrected chi connectivity index (χ3v) is 3.16. The van der Waals surface area contributed by atoms with Crippen LogP contribution in [0.5, 0.6) is 0 Å². The zero-order valence-electron chi connectivity index (χ0n) is 8.84. The van der Waals surface area contributed by atoms with Crippen molar-refractivity contribution in [3.05, 3.63) is 17.5 Å². The van der Waals surface area contributed by atoms with E-state index in [2.05, 4.69) is 22.4 Å². The van der Waals surface area contributed by atoms with Gasteiger partial charge in [-0.15, -0.1) is 0 Å². The van der Waals surface area contributed by atoms with Gasteiger partial charge in [-0.1, -0.05) is 12.8 Å². The van der Waals surface area contributed by atoms with E-state index in [-0.39, 0.29) is 0 Å². The van der Waals surface area contributed by atoms with E-state index in [1.165, 1.54) is 43.5 Å². The van der Waals surface area contributed by atoms with Gasteiger partial charge in [-0.2, -0.15) is 5.10 Å². The van der Waals surface area contributed by atoms with Gasteiger partial charge in [0.15, 0.2) is 0 Å². The highest BCUT2D eigenvalue weighted by molar-refractivity contribution is 5.13. The van der Waals surface area contributed by atoms with Crippen LogP contribution < -0.4 is 5.32 Å². The van der Waals surface area contributed by atoms with Crippen LogP contribution in [-0.2, 0) is 6.54 Å². The lowest BCUT2D eigenvalue weighted by Crippen LogP contribution is -2.20. The molecule has 3 heteroatoms. The number of H-pyrrole nitrogens is 1. The molecule has 14 heavy (non-hydrogen) atoms. The smallest absolute Gasteiger partial charge is 0.0535 e. The van der Waals surface area contributed by atoms with Gasteiger partial charge in [0, 0.05) is 17.8 Å². The first-order valence-corrected chi connectivity index (χ1v) is 5.56. The molecule has 1 heterocycles. The van der Waals surface area contributed by atoms with Crippen molar-refractivity contribution in [1.82, 2.24) is 15.5 Å². The Balaban J connectivity index is 1.70. The van der Waals surface area contributed by atoms with E-state index in [9.17, 15) is 0 Å². The Morgan fingerprint density at radius 1 is 1.50 bits per heavy atom. The van der Waals surface area contributed by atoms with Gasteiger partial charge in [0.05, 0.1) is 6.20 Å². The second-order valence-corrected chi connectivity index (χ2v) is 4.30. The van der Waals surface area contributed by atoms with Crippen molar-refractivity contribution >= 4 is 0 Å². The molecule has 1 aromatic heterocycles. The van der Waals surface area contributed by atoms with Gasteiger partial charge in [-0.3, -0.25) is 5.10 Å². The van der Waals surface area contributed by atoms with Gasteiger partial charge in [-0.25, -0.2) is 0 Å². The molecule has 0 radical (unpaired) electrons. The molecule has 0 atom stereocenters. The van der Waals surface area contributed by atoms with Crippen LogP contribution in [0, 0.1) is 12.8 Å². The second-order valence-electron chi connectivity index (χ2n) is 4.30. The van der Waals surface area contributed by atoms with Crippen LogP contribution in [0.15, 0.2) is 6.20 Å². The molecule has 1 saturated carbocycles. The third kappa shape index (κ3) is 2.35. The number of aromatic amines is 1. The number of aromatic nitrogens is 2. The van der Waals surface area contributed by atoms with Crippen molar-refractivity contribution in [2.24, 2.45) is 5.92 Å². The number of hydrogen-bond donors (Lipinski definition) is 2. The molecule has 0 aliphatic heterocycles. The fourth-order valence-corrected chi connectivity index (χ4v) is 2.18. The first kappa shape index (κ1) is 9.71. The van der Waals surface area contributed by atoms with Crippen molar-refractivity contribution in [2.45, 2.75) is 39.2 Å². The van der Waals surface area contributed by atoms with Crippen molar-refractivity contribution < 1.29 is 0 Å². The summed E-state index contributed by atoms with van der Waals surface area (Å²) >= 11 is 0. The molecule has 1 aromatic rings. The molecule has 1 aliphatic carbocycles. The molecule has 2 rings (SSSR count). The van der Waals surface area contributed by atoms with Crippen LogP contribution in [0.4, 0.5) is 0 Å². The zero-order valence-corrected chi connectivity index (χ0v) is 8.84. The predicted octanol–water partition coefficient (Wildman–Crippen LogP) is 2.00. The maximum absolute atomic E-state index is 4.01. The van der Waals surface area contributed by atoms with E-state index in [1.54, 1.807) is 0 Å². The molecule has 1 aliphatic rings. The maximum atomic E-state index is 4.01. The van der Waals surface area contributed by atoms with Crippen LogP contribution in [0.1, 0.15) is 36.9 Å². The largest absolute Gasteiger partial charge is 0.312 e. The van der Waals surface area contributed by atoms with E-state index < -0.39 is 0 Å². The average molecular weight is 193 g/mol. The monoisotopic (exact) mass is 193 g/mol. The molecule has 2 N–H and O–H groups in total. The molecule has 78 valence electrons. The summed E-state index contributed by atoms with van der Waals surface area (Å²) in [6, 6.07) is 0. The highest BCUT2D eigenvalue weighted by atomic mass is 15.1. The van der Waals surface area contributed by atoms with E-state index in [0.717, 1.165) is 12.5 Å². The summed E-state index contributed by atoms with van der Waals surface area (Å²) in [5.41, 5.74) is 2.48. The topological polar surface area (TPSA) is 40.7 Å². The number of rotatable bonds is 4. The van der Waals surface area contributed by atoms with Crippen LogP contribution in [-0.4, -0.2) is 16.7 Å². The molecule has 1 fully saturated rings. The Morgan fingerprint density at radius 3 is 2.93 bits per heavy atom. The normalized spacial score (nSPS) is 17.8. The summed E-state index contributed by atoms with van der Waals surface area (Å²) in [6.45, 7) is 4.20. The summed E-state index contributed by atoms with van der Waals surface area (Å²) in [4.78, 5) is 0. The van der Waals surface area contributed by atoms with Gasteiger partial charge in [0.1, 0.15) is 0 Å². The van der Waals surface area contributed by atoms with Gasteiger partial charge in [0.2, 0.25) is 0 Å². The van der Waals surface area contributed by atoms with Crippen LogP contribution in [0.3, 0.4) is 0 Å². The van der Waals surface area contributed by atoms with E-state index in [1.807, 2.05) is 6.20 Å². The van der Waals surface area contributed by atoms with E-state index in [4.69, 9.17) is 0 Å². The van der Waals surface area contributed by atoms with Crippen molar-refractivity contribution in [2.75, 3.05) is 6.54 Å². The molecule has 0 amide bonds. The minimum absolute atomic E-state index is 0.919. The quantitative estimate of drug-likeness (QED) is 0.768. The SMILES string of the molecule is Cc1[nH]ncc1CNCC1CCCC1. The number of hydrogen-bond acceptors (Lipinski definition) is 2. The minimum atomic E-state index is 0.919. The molecular formula is C11H19N3. The summed E-state index contributed by atoms with van der Waals surface area (Å²) in [5.74, 6) is 0.919. The number of aryl methyl sites for hydroxylation is 1. The molecule has 0 saturated heterocycles. The fraction of sp³-hybridized carbons (Fsp3) is 0.727. The average Bonchev–Trinajstić information content (AvgIpc) is 2.78. The Bertz CT molecular complexity index is 274. The minimum Gasteiger partial charge on any atom is -0.312 e. The van der Waals surface area contributed by atoms with Gasteiger partial charge < -0.3 is 5.32 Å². The molecule has 3 nitrogen and oxygen atoms in total. The summed E-state index contributed by atoms with van der Waals surface area (Å²) in [5, 5.41) is 10.5. The Kier molecular flexibility index (Phi) is 3.19. The summed E-state index contributed by atoms with van der Waals surface area (Å²) < 4.78 is 0. The van der Waals surface area contributed by atoms with Crippen LogP contribution >= 0.6 is 0 Å². The first-order valence-electron chi connectivity index (χ1n) is 5.56. The lowest BCUT2D eigenvalue weighted by atomic mass is 10.1. The summed E-state index contributed by atoms with van der Waals surface area (Å²) in [6.07, 6.45) is 7.60. The lowest BCUT2D eigenvalue weighted by Gasteiger charge is -2.09. The molecule has 0 aromatic carbocycles. The molecule has 0 unspecified atom stereocenters. The first-order chi connectivity index (χ1) is 6.86. The summed E-state index contributed by atoms with van der Waals surface area (Å²) in [7, 11) is 0. The molecular weight excluding hydrogens is 174 g/mol. The zero-order chi connectivity index (χ0) is 9.80. The predicted molar refractivity (Wildman–Crippen MR) is 57.0 cm³/mol. The van der Waals surface area contributed by atoms with Crippen molar-refractivity contribution in [1.29, 1.82) is 0 Å². The van der Waals surface area contributed by atoms with Crippen molar-refractivity contribution in [3.63, 3.8) is 0 Å². The Morgan fingerprint density at radius 2 is 2.29 bits per heavy atom. The second kappa shape index (κ2) is 4.60. The number of nitrogens with one attached hydrogen (secondary N) is 2. The van der Waals surface area contributed by atoms with Gasteiger partial charge >= 0.3 is 0 Å². The highest BCUT2D eigenvalue weighted by Gasteiger charge is 2.14.